The highest BCUT2D eigenvalue weighted by Crippen LogP contribution is 2.18. The monoisotopic (exact) mass is 240 g/mol. The molecule has 16 heavy (non-hydrogen) atoms. The zero-order chi connectivity index (χ0) is 12.0. The molecule has 0 fully saturated rings. The van der Waals surface area contributed by atoms with Gasteiger partial charge in [0.25, 0.3) is 0 Å². The van der Waals surface area contributed by atoms with Gasteiger partial charge in [-0.05, 0) is 49.1 Å². The van der Waals surface area contributed by atoms with Gasteiger partial charge in [-0.3, -0.25) is 4.79 Å². The van der Waals surface area contributed by atoms with Crippen LogP contribution < -0.4 is 4.74 Å². The van der Waals surface area contributed by atoms with Crippen LogP contribution in [-0.2, 0) is 11.2 Å². The van der Waals surface area contributed by atoms with E-state index in [9.17, 15) is 4.79 Å². The van der Waals surface area contributed by atoms with Crippen LogP contribution in [0.5, 0.6) is 5.75 Å². The number of ether oxygens (including phenoxy) is 1. The van der Waals surface area contributed by atoms with Gasteiger partial charge >= 0.3 is 0 Å². The SMILES string of the molecule is CCOc1ccc(CC(CC)C(=O)Cl)cc1. The first-order valence-corrected chi connectivity index (χ1v) is 5.96. The number of carbonyl (C=O) groups is 1. The number of halogens is 1. The van der Waals surface area contributed by atoms with Gasteiger partial charge < -0.3 is 4.74 Å². The average Bonchev–Trinajstić information content (AvgIpc) is 2.28. The number of benzene rings is 1. The van der Waals surface area contributed by atoms with Gasteiger partial charge in [0.1, 0.15) is 5.75 Å². The molecular weight excluding hydrogens is 224 g/mol. The van der Waals surface area contributed by atoms with Crippen LogP contribution in [0.25, 0.3) is 0 Å². The van der Waals surface area contributed by atoms with Crippen LogP contribution in [0.2, 0.25) is 0 Å². The van der Waals surface area contributed by atoms with Crippen molar-refractivity contribution in [3.8, 4) is 5.75 Å². The van der Waals surface area contributed by atoms with Gasteiger partial charge in [-0.25, -0.2) is 0 Å². The molecule has 0 saturated carbocycles. The van der Waals surface area contributed by atoms with Gasteiger partial charge in [-0.2, -0.15) is 0 Å². The zero-order valence-electron chi connectivity index (χ0n) is 9.70. The molecule has 0 N–H and O–H groups in total. The Kier molecular flexibility index (Phi) is 5.33. The summed E-state index contributed by atoms with van der Waals surface area (Å²) in [6, 6.07) is 7.80. The second-order valence-electron chi connectivity index (χ2n) is 3.69. The molecule has 0 bridgehead atoms. The minimum atomic E-state index is -0.253. The lowest BCUT2D eigenvalue weighted by Gasteiger charge is -2.10. The fourth-order valence-corrected chi connectivity index (χ4v) is 1.79. The Morgan fingerprint density at radius 2 is 1.94 bits per heavy atom. The van der Waals surface area contributed by atoms with E-state index in [2.05, 4.69) is 0 Å². The van der Waals surface area contributed by atoms with Crippen molar-refractivity contribution in [1.82, 2.24) is 0 Å². The summed E-state index contributed by atoms with van der Waals surface area (Å²) in [7, 11) is 0. The van der Waals surface area contributed by atoms with Crippen LogP contribution in [0.1, 0.15) is 25.8 Å². The Morgan fingerprint density at radius 1 is 1.31 bits per heavy atom. The van der Waals surface area contributed by atoms with E-state index in [-0.39, 0.29) is 11.2 Å². The van der Waals surface area contributed by atoms with Crippen molar-refractivity contribution in [2.75, 3.05) is 6.61 Å². The van der Waals surface area contributed by atoms with E-state index in [4.69, 9.17) is 16.3 Å². The van der Waals surface area contributed by atoms with E-state index in [0.717, 1.165) is 17.7 Å². The van der Waals surface area contributed by atoms with Gasteiger partial charge in [0.2, 0.25) is 5.24 Å². The van der Waals surface area contributed by atoms with Gasteiger partial charge in [0.15, 0.2) is 0 Å². The second kappa shape index (κ2) is 6.54. The Labute approximate surface area is 102 Å². The maximum absolute atomic E-state index is 11.1. The fourth-order valence-electron chi connectivity index (χ4n) is 1.56. The van der Waals surface area contributed by atoms with Crippen LogP contribution in [0, 0.1) is 5.92 Å². The number of hydrogen-bond donors (Lipinski definition) is 0. The first-order chi connectivity index (χ1) is 7.67. The first-order valence-electron chi connectivity index (χ1n) is 5.58. The van der Waals surface area contributed by atoms with Crippen LogP contribution in [-0.4, -0.2) is 11.8 Å². The Hall–Kier alpha value is -1.02. The third-order valence-electron chi connectivity index (χ3n) is 2.53. The van der Waals surface area contributed by atoms with Gasteiger partial charge in [0, 0.05) is 5.92 Å². The van der Waals surface area contributed by atoms with Crippen molar-refractivity contribution in [3.63, 3.8) is 0 Å². The molecular formula is C13H17ClO2. The second-order valence-corrected chi connectivity index (χ2v) is 4.06. The molecule has 3 heteroatoms. The van der Waals surface area contributed by atoms with E-state index in [1.54, 1.807) is 0 Å². The van der Waals surface area contributed by atoms with Crippen LogP contribution in [0.4, 0.5) is 0 Å². The lowest BCUT2D eigenvalue weighted by molar-refractivity contribution is -0.115. The van der Waals surface area contributed by atoms with Gasteiger partial charge in [-0.1, -0.05) is 19.1 Å². The molecule has 88 valence electrons. The summed E-state index contributed by atoms with van der Waals surface area (Å²) in [6.07, 6.45) is 1.47. The van der Waals surface area contributed by atoms with Crippen molar-refractivity contribution in [2.24, 2.45) is 5.92 Å². The predicted molar refractivity (Wildman–Crippen MR) is 66.0 cm³/mol. The van der Waals surface area contributed by atoms with Crippen LogP contribution in [0.3, 0.4) is 0 Å². The maximum atomic E-state index is 11.1. The summed E-state index contributed by atoms with van der Waals surface area (Å²) in [6.45, 7) is 4.59. The van der Waals surface area contributed by atoms with E-state index in [1.165, 1.54) is 0 Å². The number of carbonyl (C=O) groups excluding carboxylic acids is 1. The summed E-state index contributed by atoms with van der Waals surface area (Å²) in [5, 5.41) is -0.253. The molecule has 0 saturated heterocycles. The first kappa shape index (κ1) is 13.0. The van der Waals surface area contributed by atoms with Crippen molar-refractivity contribution in [1.29, 1.82) is 0 Å². The minimum absolute atomic E-state index is 0.0837. The molecule has 0 heterocycles. The number of rotatable bonds is 6. The quantitative estimate of drug-likeness (QED) is 0.713. The van der Waals surface area contributed by atoms with Crippen LogP contribution in [0.15, 0.2) is 24.3 Å². The summed E-state index contributed by atoms with van der Waals surface area (Å²) in [4.78, 5) is 11.1. The molecule has 0 radical (unpaired) electrons. The normalized spacial score (nSPS) is 12.2. The molecule has 1 atom stereocenters. The molecule has 1 rings (SSSR count). The van der Waals surface area contributed by atoms with E-state index < -0.39 is 0 Å². The van der Waals surface area contributed by atoms with Crippen molar-refractivity contribution in [2.45, 2.75) is 26.7 Å². The fraction of sp³-hybridized carbons (Fsp3) is 0.462. The van der Waals surface area contributed by atoms with Gasteiger partial charge in [0.05, 0.1) is 6.61 Å². The molecule has 0 aliphatic carbocycles. The Balaban J connectivity index is 2.63. The van der Waals surface area contributed by atoms with E-state index >= 15 is 0 Å². The molecule has 1 aromatic carbocycles. The molecule has 0 amide bonds. The van der Waals surface area contributed by atoms with Gasteiger partial charge in [-0.15, -0.1) is 0 Å². The van der Waals surface area contributed by atoms with Crippen molar-refractivity contribution in [3.05, 3.63) is 29.8 Å². The van der Waals surface area contributed by atoms with Crippen molar-refractivity contribution >= 4 is 16.8 Å². The molecule has 0 aliphatic heterocycles. The molecule has 1 aromatic rings. The average molecular weight is 241 g/mol. The standard InChI is InChI=1S/C13H17ClO2/c1-3-11(13(14)15)9-10-5-7-12(8-6-10)16-4-2/h5-8,11H,3-4,9H2,1-2H3. The largest absolute Gasteiger partial charge is 0.494 e. The topological polar surface area (TPSA) is 26.3 Å². The molecule has 0 spiro atoms. The third-order valence-corrected chi connectivity index (χ3v) is 2.84. The minimum Gasteiger partial charge on any atom is -0.494 e. The highest BCUT2D eigenvalue weighted by atomic mass is 35.5. The predicted octanol–water partition coefficient (Wildman–Crippen LogP) is 3.42. The summed E-state index contributed by atoms with van der Waals surface area (Å²) in [5.74, 6) is 0.774. The Morgan fingerprint density at radius 3 is 2.38 bits per heavy atom. The summed E-state index contributed by atoms with van der Waals surface area (Å²) in [5.41, 5.74) is 1.12. The lowest BCUT2D eigenvalue weighted by atomic mass is 9.98. The zero-order valence-corrected chi connectivity index (χ0v) is 10.5. The lowest BCUT2D eigenvalue weighted by Crippen LogP contribution is -2.10. The molecule has 0 aliphatic rings. The third kappa shape index (κ3) is 3.86. The highest BCUT2D eigenvalue weighted by Gasteiger charge is 2.14. The number of hydrogen-bond acceptors (Lipinski definition) is 2. The summed E-state index contributed by atoms with van der Waals surface area (Å²) >= 11 is 5.51. The smallest absolute Gasteiger partial charge is 0.225 e. The molecule has 1 unspecified atom stereocenters. The van der Waals surface area contributed by atoms with E-state index in [0.29, 0.717) is 13.0 Å². The van der Waals surface area contributed by atoms with E-state index in [1.807, 2.05) is 38.1 Å². The Bertz CT molecular complexity index is 332. The van der Waals surface area contributed by atoms with Crippen LogP contribution >= 0.6 is 11.6 Å². The van der Waals surface area contributed by atoms with Crippen molar-refractivity contribution < 1.29 is 9.53 Å². The highest BCUT2D eigenvalue weighted by molar-refractivity contribution is 6.63. The maximum Gasteiger partial charge on any atom is 0.225 e. The molecule has 0 aromatic heterocycles. The molecule has 2 nitrogen and oxygen atoms in total. The summed E-state index contributed by atoms with van der Waals surface area (Å²) < 4.78 is 5.35.